The van der Waals surface area contributed by atoms with Crippen LogP contribution in [0.4, 0.5) is 28.6 Å². The fraction of sp³-hybridized carbons (Fsp3) is 0.417. The van der Waals surface area contributed by atoms with Crippen LogP contribution in [-0.2, 0) is 97.2 Å². The topological polar surface area (TPSA) is 516 Å². The molecule has 12 N–H and O–H groups in total. The van der Waals surface area contributed by atoms with Gasteiger partial charge in [-0.25, -0.2) is 9.97 Å². The maximum atomic E-state index is 13.6. The number of carbonyl (C=O) groups excluding carboxylic acids is 11. The number of carboxylic acid groups (broad SMARTS) is 1. The first-order chi connectivity index (χ1) is 61.5. The van der Waals surface area contributed by atoms with E-state index in [2.05, 4.69) is 92.5 Å². The summed E-state index contributed by atoms with van der Waals surface area (Å²) in [5.41, 5.74) is 5.88. The molecule has 10 rings (SSSR count). The minimum absolute atomic E-state index is 0.00468. The third kappa shape index (κ3) is 29.1. The molecule has 0 saturated heterocycles. The number of nitrogens with one attached hydrogen (secondary N) is 11. The van der Waals surface area contributed by atoms with Gasteiger partial charge in [-0.05, 0) is 87.4 Å². The number of thiophene rings is 1. The summed E-state index contributed by atoms with van der Waals surface area (Å²) in [5, 5.41) is 49.4. The van der Waals surface area contributed by atoms with Crippen LogP contribution < -0.4 is 63.2 Å². The SMILES string of the molecule is Cc1sc2c(c1C)C(c1ccc(Cl)cc1)=N[C@@H](CC(=O)Nc1ccc(OCCOCCOCCOCCNC(=O)C(CCC(=O)O)NC(=O)CCOCCOCCOCCNC(=O)CCNC(=O)c3nc(NC(=O)CCNC(=O)c4cc(NC(=O)c5cc(NC(=O)CCNC(=O)c6cc(NC(=O)c7nccn7C)cn6C)cn5C)cn4C)cn3C)cc1)c1nnc(C)n1-2. The fourth-order valence-electron chi connectivity index (χ4n) is 13.0. The molecule has 128 heavy (non-hydrogen) atoms. The number of anilines is 5. The molecule has 0 aliphatic carbocycles. The monoisotopic (exact) mass is 1810 g/mol. The summed E-state index contributed by atoms with van der Waals surface area (Å²) >= 11 is 7.90. The van der Waals surface area contributed by atoms with E-state index in [1.165, 1.54) is 61.3 Å². The van der Waals surface area contributed by atoms with Crippen molar-refractivity contribution in [2.75, 3.05) is 145 Å². The Labute approximate surface area is 744 Å². The molecule has 1 unspecified atom stereocenters. The number of benzene rings is 2. The molecule has 1 aliphatic rings. The van der Waals surface area contributed by atoms with Crippen LogP contribution >= 0.6 is 22.9 Å². The maximum Gasteiger partial charge on any atom is 0.303 e. The lowest BCUT2D eigenvalue weighted by molar-refractivity contribution is -0.138. The molecule has 0 saturated carbocycles. The zero-order chi connectivity index (χ0) is 91.8. The van der Waals surface area contributed by atoms with Crippen LogP contribution in [0.1, 0.15) is 137 Å². The first kappa shape index (κ1) is 96.9. The Bertz CT molecular complexity index is 5410. The van der Waals surface area contributed by atoms with Crippen molar-refractivity contribution in [3.63, 3.8) is 0 Å². The first-order valence-corrected chi connectivity index (χ1v) is 42.2. The summed E-state index contributed by atoms with van der Waals surface area (Å²) in [6.45, 7) is 8.91. The number of carbonyl (C=O) groups is 12. The van der Waals surface area contributed by atoms with Gasteiger partial charge in [-0.1, -0.05) is 23.7 Å². The van der Waals surface area contributed by atoms with E-state index in [1.807, 2.05) is 35.8 Å². The number of rotatable bonds is 52. The average molecular weight is 1810 g/mol. The van der Waals surface area contributed by atoms with Gasteiger partial charge >= 0.3 is 5.97 Å². The van der Waals surface area contributed by atoms with E-state index in [-0.39, 0.29) is 196 Å². The first-order valence-electron chi connectivity index (χ1n) is 41.0. The van der Waals surface area contributed by atoms with Crippen molar-refractivity contribution in [1.82, 2.24) is 79.5 Å². The van der Waals surface area contributed by atoms with Gasteiger partial charge < -0.3 is 120 Å². The number of aliphatic carboxylic acids is 1. The van der Waals surface area contributed by atoms with E-state index in [4.69, 9.17) is 49.8 Å². The lowest BCUT2D eigenvalue weighted by atomic mass is 9.99. The van der Waals surface area contributed by atoms with Crippen molar-refractivity contribution in [2.24, 2.45) is 40.2 Å². The summed E-state index contributed by atoms with van der Waals surface area (Å²) in [5.74, 6) is -4.27. The van der Waals surface area contributed by atoms with Crippen molar-refractivity contribution in [2.45, 2.75) is 77.8 Å². The quantitative estimate of drug-likeness (QED) is 0.0232. The molecular formula is C84H105ClN22O20S. The van der Waals surface area contributed by atoms with Crippen molar-refractivity contribution < 1.29 is 95.8 Å². The Morgan fingerprint density at radius 3 is 1.59 bits per heavy atom. The molecule has 0 bridgehead atoms. The smallest absolute Gasteiger partial charge is 0.303 e. The molecule has 11 amide bonds. The molecule has 2 atom stereocenters. The molecule has 42 nitrogen and oxygen atoms in total. The molecule has 684 valence electrons. The van der Waals surface area contributed by atoms with Crippen molar-refractivity contribution in [3.8, 4) is 10.8 Å². The predicted octanol–water partition coefficient (Wildman–Crippen LogP) is 4.60. The molecule has 2 aromatic carbocycles. The average Bonchev–Trinajstić information content (AvgIpc) is 1.59. The third-order valence-electron chi connectivity index (χ3n) is 19.5. The van der Waals surface area contributed by atoms with Gasteiger partial charge in [0.1, 0.15) is 52.3 Å². The molecule has 44 heteroatoms. The van der Waals surface area contributed by atoms with Gasteiger partial charge in [-0.15, -0.1) is 21.5 Å². The minimum atomic E-state index is -1.13. The van der Waals surface area contributed by atoms with Crippen molar-refractivity contribution in [3.05, 3.63) is 171 Å². The highest BCUT2D eigenvalue weighted by Gasteiger charge is 2.34. The minimum Gasteiger partial charge on any atom is -0.491 e. The van der Waals surface area contributed by atoms with Crippen molar-refractivity contribution in [1.29, 1.82) is 0 Å². The lowest BCUT2D eigenvalue weighted by Crippen LogP contribution is -2.47. The zero-order valence-electron chi connectivity index (χ0n) is 72.1. The Kier molecular flexibility index (Phi) is 36.7. The molecule has 0 fully saturated rings. The summed E-state index contributed by atoms with van der Waals surface area (Å²) < 4.78 is 48.6. The molecule has 7 aromatic heterocycles. The Hall–Kier alpha value is -13.3. The van der Waals surface area contributed by atoms with Crippen LogP contribution in [0.5, 0.6) is 5.75 Å². The number of aliphatic imine (C=N–C) groups is 1. The molecular weight excluding hydrogens is 1700 g/mol. The predicted molar refractivity (Wildman–Crippen MR) is 469 cm³/mol. The van der Waals surface area contributed by atoms with Crippen LogP contribution in [0.3, 0.4) is 0 Å². The molecule has 0 radical (unpaired) electrons. The third-order valence-corrected chi connectivity index (χ3v) is 21.0. The van der Waals surface area contributed by atoms with Gasteiger partial charge in [0.25, 0.3) is 29.5 Å². The van der Waals surface area contributed by atoms with Gasteiger partial charge in [0.15, 0.2) is 17.5 Å². The van der Waals surface area contributed by atoms with Crippen molar-refractivity contribution >= 4 is 128 Å². The lowest BCUT2D eigenvalue weighted by Gasteiger charge is -2.18. The van der Waals surface area contributed by atoms with E-state index in [9.17, 15) is 62.6 Å². The molecule has 8 heterocycles. The number of aromatic nitrogens is 10. The second-order valence-electron chi connectivity index (χ2n) is 29.3. The van der Waals surface area contributed by atoms with E-state index in [0.717, 1.165) is 32.3 Å². The molecule has 0 spiro atoms. The van der Waals surface area contributed by atoms with Gasteiger partial charge in [-0.2, -0.15) is 0 Å². The fourth-order valence-corrected chi connectivity index (χ4v) is 14.3. The van der Waals surface area contributed by atoms with Gasteiger partial charge in [0, 0.05) is 164 Å². The van der Waals surface area contributed by atoms with E-state index < -0.39 is 71.2 Å². The van der Waals surface area contributed by atoms with Crippen LogP contribution in [0.25, 0.3) is 5.00 Å². The summed E-state index contributed by atoms with van der Waals surface area (Å²) in [6, 6.07) is 17.2. The largest absolute Gasteiger partial charge is 0.491 e. The number of aryl methyl sites for hydroxylation is 7. The van der Waals surface area contributed by atoms with E-state index in [0.29, 0.717) is 59.3 Å². The van der Waals surface area contributed by atoms with Crippen LogP contribution in [-0.4, -0.2) is 254 Å². The highest BCUT2D eigenvalue weighted by molar-refractivity contribution is 7.15. The number of amides is 11. The number of imidazole rings is 2. The number of nitrogens with zero attached hydrogens (tertiary/aromatic N) is 11. The Balaban J connectivity index is 0.493. The zero-order valence-corrected chi connectivity index (χ0v) is 73.6. The number of hydrogen-bond donors (Lipinski definition) is 12. The van der Waals surface area contributed by atoms with Crippen LogP contribution in [0, 0.1) is 20.8 Å². The second-order valence-corrected chi connectivity index (χ2v) is 30.9. The number of halogens is 1. The Morgan fingerprint density at radius 2 is 1.01 bits per heavy atom. The van der Waals surface area contributed by atoms with Gasteiger partial charge in [0.2, 0.25) is 41.3 Å². The van der Waals surface area contributed by atoms with Gasteiger partial charge in [-0.3, -0.25) is 67.1 Å². The van der Waals surface area contributed by atoms with Crippen LogP contribution in [0.2, 0.25) is 5.02 Å². The molecule has 1 aliphatic heterocycles. The van der Waals surface area contributed by atoms with Crippen LogP contribution in [0.15, 0.2) is 109 Å². The van der Waals surface area contributed by atoms with Gasteiger partial charge in [0.05, 0.1) is 108 Å². The summed E-state index contributed by atoms with van der Waals surface area (Å²) in [4.78, 5) is 168. The normalized spacial score (nSPS) is 12.3. The Morgan fingerprint density at radius 1 is 0.484 bits per heavy atom. The van der Waals surface area contributed by atoms with E-state index >= 15 is 0 Å². The number of hydrogen-bond acceptors (Lipinski definition) is 25. The highest BCUT2D eigenvalue weighted by Crippen LogP contribution is 2.40. The van der Waals surface area contributed by atoms with E-state index in [1.54, 1.807) is 87.8 Å². The number of ether oxygens (including phenoxy) is 7. The highest BCUT2D eigenvalue weighted by atomic mass is 35.5. The summed E-state index contributed by atoms with van der Waals surface area (Å²) in [6.07, 6.45) is 8.30. The standard InChI is InChI=1S/C84H105ClN22O20S/c1-51-52(2)128-84-73(51)74(54-9-11-55(85)12-10-54)97-62(75-101-100-53(3)107(75)84)46-71(112)92-56-13-15-60(16-14-56)127-42-41-126-40-39-125-38-35-123-32-28-91-78(115)61(17-18-72(113)114)96-70(111)22-30-121-33-36-124-37-34-122-31-27-86-67(108)19-23-90-82(119)77-99-66(50-106(77)8)98-69(110)21-25-89-79(116)63-44-58(48-103(63)5)94-81(118)65-43-57(47-105(65)7)93-68(109)20-24-88-80(117)64-45-59(49-104(64)6)95-83(120)76-87-26-29-102(76)4/h9-16,26,29,43-45,47-50,61-62H,17-25,27-28,30-42,46H2,1-8H3,(H,86,108)(H,88,117)(H,89,116)(H,90,119)(H,91,115)(H,92,112)(H,93,109)(H,94,118)(H,95,120)(H,96,111)(H,98,110)(H,113,114)/t61?,62-/m0/s1. The number of carboxylic acids is 1. The summed E-state index contributed by atoms with van der Waals surface area (Å²) in [7, 11) is 8.08. The molecule has 9 aromatic rings. The number of fused-ring (bicyclic) bond motifs is 3. The maximum absolute atomic E-state index is 13.6. The second kappa shape index (κ2) is 48.4.